The molecular weight excluding hydrogens is 312 g/mol. The van der Waals surface area contributed by atoms with Crippen LogP contribution in [0.1, 0.15) is 24.4 Å². The number of aromatic nitrogens is 3. The number of carbonyl (C=O) groups is 1. The molecule has 7 heteroatoms. The lowest BCUT2D eigenvalue weighted by Crippen LogP contribution is -2.12. The van der Waals surface area contributed by atoms with Gasteiger partial charge in [-0.1, -0.05) is 6.07 Å². The zero-order chi connectivity index (χ0) is 13.8. The van der Waals surface area contributed by atoms with Gasteiger partial charge in [0, 0.05) is 16.9 Å². The number of aliphatic carboxylic acids is 1. The fraction of sp³-hybridized carbons (Fsp3) is 0.250. The highest BCUT2D eigenvalue weighted by molar-refractivity contribution is 9.10. The van der Waals surface area contributed by atoms with Gasteiger partial charge in [-0.05, 0) is 40.0 Å². The van der Waals surface area contributed by atoms with Crippen molar-refractivity contribution >= 4 is 21.9 Å². The molecule has 2 aromatic rings. The molecule has 0 aliphatic heterocycles. The smallest absolute Gasteiger partial charge is 0.303 e. The van der Waals surface area contributed by atoms with E-state index >= 15 is 0 Å². The van der Waals surface area contributed by atoms with E-state index in [1.165, 1.54) is 6.33 Å². The number of carboxylic acid groups (broad SMARTS) is 1. The molecule has 19 heavy (non-hydrogen) atoms. The van der Waals surface area contributed by atoms with Crippen LogP contribution in [0.25, 0.3) is 5.69 Å². The normalized spacial score (nSPS) is 12.3. The van der Waals surface area contributed by atoms with Crippen molar-refractivity contribution in [3.8, 4) is 5.69 Å². The highest BCUT2D eigenvalue weighted by Crippen LogP contribution is 2.25. The molecular formula is C12H13BrN4O2. The first kappa shape index (κ1) is 13.7. The summed E-state index contributed by atoms with van der Waals surface area (Å²) in [6.45, 7) is 0. The van der Waals surface area contributed by atoms with Crippen molar-refractivity contribution < 1.29 is 9.90 Å². The van der Waals surface area contributed by atoms with Crippen molar-refractivity contribution in [2.75, 3.05) is 0 Å². The first-order valence-electron chi connectivity index (χ1n) is 5.69. The van der Waals surface area contributed by atoms with Crippen LogP contribution in [0.5, 0.6) is 0 Å². The fourth-order valence-corrected chi connectivity index (χ4v) is 2.30. The molecule has 0 spiro atoms. The predicted molar refractivity (Wildman–Crippen MR) is 72.9 cm³/mol. The second kappa shape index (κ2) is 5.94. The Labute approximate surface area is 118 Å². The van der Waals surface area contributed by atoms with Gasteiger partial charge in [0.1, 0.15) is 12.7 Å². The van der Waals surface area contributed by atoms with Crippen LogP contribution in [0, 0.1) is 0 Å². The van der Waals surface area contributed by atoms with Gasteiger partial charge >= 0.3 is 5.97 Å². The quantitative estimate of drug-likeness (QED) is 0.875. The van der Waals surface area contributed by atoms with E-state index in [-0.39, 0.29) is 12.5 Å². The Hall–Kier alpha value is -1.73. The topological polar surface area (TPSA) is 94.0 Å². The van der Waals surface area contributed by atoms with Crippen molar-refractivity contribution in [2.45, 2.75) is 18.9 Å². The third-order valence-electron chi connectivity index (χ3n) is 2.73. The van der Waals surface area contributed by atoms with E-state index in [9.17, 15) is 4.79 Å². The first-order valence-corrected chi connectivity index (χ1v) is 6.49. The van der Waals surface area contributed by atoms with E-state index in [0.717, 1.165) is 15.7 Å². The molecule has 1 heterocycles. The van der Waals surface area contributed by atoms with Crippen LogP contribution in [-0.4, -0.2) is 25.8 Å². The van der Waals surface area contributed by atoms with Gasteiger partial charge in [0.25, 0.3) is 0 Å². The van der Waals surface area contributed by atoms with E-state index in [1.54, 1.807) is 11.0 Å². The zero-order valence-electron chi connectivity index (χ0n) is 10.0. The van der Waals surface area contributed by atoms with Crippen molar-refractivity contribution in [1.29, 1.82) is 0 Å². The predicted octanol–water partition coefficient (Wildman–Crippen LogP) is 1.89. The monoisotopic (exact) mass is 324 g/mol. The Balaban J connectivity index is 2.17. The maximum absolute atomic E-state index is 10.5. The Bertz CT molecular complexity index is 571. The average Bonchev–Trinajstić information content (AvgIpc) is 2.89. The Morgan fingerprint density at radius 1 is 1.53 bits per heavy atom. The van der Waals surface area contributed by atoms with E-state index < -0.39 is 5.97 Å². The minimum Gasteiger partial charge on any atom is -0.481 e. The van der Waals surface area contributed by atoms with Crippen LogP contribution in [0.15, 0.2) is 35.3 Å². The lowest BCUT2D eigenvalue weighted by atomic mass is 10.0. The SMILES string of the molecule is NC(CCC(=O)O)c1ccc(-n2cncn2)c(Br)c1. The summed E-state index contributed by atoms with van der Waals surface area (Å²) in [5.41, 5.74) is 7.70. The summed E-state index contributed by atoms with van der Waals surface area (Å²) in [4.78, 5) is 14.4. The summed E-state index contributed by atoms with van der Waals surface area (Å²) in [5.74, 6) is -0.839. The molecule has 0 fully saturated rings. The lowest BCUT2D eigenvalue weighted by molar-refractivity contribution is -0.137. The van der Waals surface area contributed by atoms with Gasteiger partial charge in [0.15, 0.2) is 0 Å². The van der Waals surface area contributed by atoms with Crippen molar-refractivity contribution in [3.05, 3.63) is 40.9 Å². The molecule has 3 N–H and O–H groups in total. The van der Waals surface area contributed by atoms with Gasteiger partial charge in [0.05, 0.1) is 5.69 Å². The molecule has 0 aliphatic carbocycles. The number of hydrogen-bond donors (Lipinski definition) is 2. The largest absolute Gasteiger partial charge is 0.481 e. The summed E-state index contributed by atoms with van der Waals surface area (Å²) in [6, 6.07) is 5.32. The van der Waals surface area contributed by atoms with Gasteiger partial charge in [0.2, 0.25) is 0 Å². The molecule has 1 unspecified atom stereocenters. The van der Waals surface area contributed by atoms with Crippen molar-refractivity contribution in [2.24, 2.45) is 5.73 Å². The molecule has 0 saturated carbocycles. The number of benzene rings is 1. The summed E-state index contributed by atoms with van der Waals surface area (Å²) in [6.07, 6.45) is 3.52. The standard InChI is InChI=1S/C12H13BrN4O2/c13-9-5-8(10(14)2-4-12(18)19)1-3-11(9)17-7-15-6-16-17/h1,3,5-7,10H,2,4,14H2,(H,18,19). The molecule has 1 aromatic carbocycles. The number of halogens is 1. The van der Waals surface area contributed by atoms with Crippen molar-refractivity contribution in [1.82, 2.24) is 14.8 Å². The van der Waals surface area contributed by atoms with Gasteiger partial charge in [-0.25, -0.2) is 9.67 Å². The van der Waals surface area contributed by atoms with Gasteiger partial charge in [-0.3, -0.25) is 4.79 Å². The molecule has 2 rings (SSSR count). The van der Waals surface area contributed by atoms with E-state index in [0.29, 0.717) is 6.42 Å². The molecule has 0 bridgehead atoms. The first-order chi connectivity index (χ1) is 9.08. The molecule has 1 aromatic heterocycles. The molecule has 1 atom stereocenters. The maximum atomic E-state index is 10.5. The van der Waals surface area contributed by atoms with Gasteiger partial charge < -0.3 is 10.8 Å². The number of carboxylic acids is 1. The van der Waals surface area contributed by atoms with E-state index in [1.807, 2.05) is 18.2 Å². The van der Waals surface area contributed by atoms with Crippen LogP contribution in [0.3, 0.4) is 0 Å². The summed E-state index contributed by atoms with van der Waals surface area (Å²) < 4.78 is 2.47. The minimum absolute atomic E-state index is 0.0591. The Morgan fingerprint density at radius 3 is 2.89 bits per heavy atom. The molecule has 100 valence electrons. The van der Waals surface area contributed by atoms with Gasteiger partial charge in [-0.2, -0.15) is 5.10 Å². The molecule has 0 radical (unpaired) electrons. The van der Waals surface area contributed by atoms with E-state index in [2.05, 4.69) is 26.0 Å². The number of nitrogens with two attached hydrogens (primary N) is 1. The van der Waals surface area contributed by atoms with Crippen LogP contribution in [-0.2, 0) is 4.79 Å². The average molecular weight is 325 g/mol. The maximum Gasteiger partial charge on any atom is 0.303 e. The second-order valence-corrected chi connectivity index (χ2v) is 4.94. The highest BCUT2D eigenvalue weighted by Gasteiger charge is 2.11. The molecule has 0 amide bonds. The Kier molecular flexibility index (Phi) is 4.28. The van der Waals surface area contributed by atoms with Crippen molar-refractivity contribution in [3.63, 3.8) is 0 Å². The van der Waals surface area contributed by atoms with Crippen LogP contribution in [0.2, 0.25) is 0 Å². The summed E-state index contributed by atoms with van der Waals surface area (Å²) in [7, 11) is 0. The minimum atomic E-state index is -0.839. The summed E-state index contributed by atoms with van der Waals surface area (Å²) in [5, 5.41) is 12.7. The van der Waals surface area contributed by atoms with E-state index in [4.69, 9.17) is 10.8 Å². The Morgan fingerprint density at radius 2 is 2.32 bits per heavy atom. The number of rotatable bonds is 5. The zero-order valence-corrected chi connectivity index (χ0v) is 11.6. The molecule has 0 saturated heterocycles. The molecule has 0 aliphatic rings. The molecule has 6 nitrogen and oxygen atoms in total. The lowest BCUT2D eigenvalue weighted by Gasteiger charge is -2.13. The van der Waals surface area contributed by atoms with Gasteiger partial charge in [-0.15, -0.1) is 0 Å². The summed E-state index contributed by atoms with van der Waals surface area (Å²) >= 11 is 3.46. The second-order valence-electron chi connectivity index (χ2n) is 4.09. The third-order valence-corrected chi connectivity index (χ3v) is 3.37. The fourth-order valence-electron chi connectivity index (χ4n) is 1.72. The van der Waals surface area contributed by atoms with Crippen LogP contribution >= 0.6 is 15.9 Å². The third kappa shape index (κ3) is 3.39. The number of hydrogen-bond acceptors (Lipinski definition) is 4. The van der Waals surface area contributed by atoms with Crippen LogP contribution < -0.4 is 5.73 Å². The highest BCUT2D eigenvalue weighted by atomic mass is 79.9. The number of nitrogens with zero attached hydrogens (tertiary/aromatic N) is 3. The van der Waals surface area contributed by atoms with Crippen LogP contribution in [0.4, 0.5) is 0 Å².